The lowest BCUT2D eigenvalue weighted by Crippen LogP contribution is -2.47. The third-order valence-electron chi connectivity index (χ3n) is 3.52. The average molecular weight is 246 g/mol. The molecule has 1 fully saturated rings. The molecule has 0 bridgehead atoms. The maximum atomic E-state index is 11.9. The lowest BCUT2D eigenvalue weighted by atomic mass is 10.0. The van der Waals surface area contributed by atoms with Crippen molar-refractivity contribution in [3.8, 4) is 0 Å². The molecule has 0 aromatic heterocycles. The van der Waals surface area contributed by atoms with Crippen LogP contribution in [-0.4, -0.2) is 24.5 Å². The lowest BCUT2D eigenvalue weighted by molar-refractivity contribution is -0.122. The Balaban J connectivity index is 1.69. The molecule has 1 unspecified atom stereocenters. The van der Waals surface area contributed by atoms with Gasteiger partial charge in [-0.1, -0.05) is 30.3 Å². The fourth-order valence-corrected chi connectivity index (χ4v) is 2.42. The molecule has 18 heavy (non-hydrogen) atoms. The molecule has 3 nitrogen and oxygen atoms in total. The van der Waals surface area contributed by atoms with Crippen LogP contribution in [0.2, 0.25) is 0 Å². The number of carbonyl (C=O) groups is 1. The predicted molar refractivity (Wildman–Crippen MR) is 73.4 cm³/mol. The van der Waals surface area contributed by atoms with E-state index in [1.807, 2.05) is 18.2 Å². The molecule has 1 aliphatic heterocycles. The highest BCUT2D eigenvalue weighted by molar-refractivity contribution is 5.76. The highest BCUT2D eigenvalue weighted by atomic mass is 16.1. The van der Waals surface area contributed by atoms with Crippen molar-refractivity contribution in [2.75, 3.05) is 13.1 Å². The first-order valence-electron chi connectivity index (χ1n) is 6.74. The summed E-state index contributed by atoms with van der Waals surface area (Å²) in [6.07, 6.45) is 3.53. The molecule has 0 saturated carbocycles. The zero-order valence-electron chi connectivity index (χ0n) is 11.0. The Bertz CT molecular complexity index is 383. The van der Waals surface area contributed by atoms with E-state index in [1.165, 1.54) is 5.56 Å². The van der Waals surface area contributed by atoms with Crippen LogP contribution < -0.4 is 10.6 Å². The maximum absolute atomic E-state index is 11.9. The van der Waals surface area contributed by atoms with Crippen LogP contribution >= 0.6 is 0 Å². The van der Waals surface area contributed by atoms with Gasteiger partial charge in [-0.25, -0.2) is 0 Å². The summed E-state index contributed by atoms with van der Waals surface area (Å²) in [6.45, 7) is 4.00. The van der Waals surface area contributed by atoms with Crippen molar-refractivity contribution >= 4 is 5.91 Å². The van der Waals surface area contributed by atoms with Crippen molar-refractivity contribution in [2.45, 2.75) is 38.1 Å². The van der Waals surface area contributed by atoms with E-state index in [-0.39, 0.29) is 11.4 Å². The molecule has 2 N–H and O–H groups in total. The summed E-state index contributed by atoms with van der Waals surface area (Å²) in [6, 6.07) is 10.3. The van der Waals surface area contributed by atoms with Crippen LogP contribution in [0.1, 0.15) is 31.7 Å². The van der Waals surface area contributed by atoms with Gasteiger partial charge in [-0.2, -0.15) is 0 Å². The molecule has 1 aliphatic rings. The van der Waals surface area contributed by atoms with E-state index in [9.17, 15) is 4.79 Å². The molecule has 1 saturated heterocycles. The quantitative estimate of drug-likeness (QED) is 0.833. The van der Waals surface area contributed by atoms with Crippen molar-refractivity contribution in [2.24, 2.45) is 0 Å². The van der Waals surface area contributed by atoms with Crippen molar-refractivity contribution in [1.82, 2.24) is 10.6 Å². The van der Waals surface area contributed by atoms with Gasteiger partial charge >= 0.3 is 0 Å². The van der Waals surface area contributed by atoms with Gasteiger partial charge < -0.3 is 10.6 Å². The molecular formula is C15H22N2O. The molecule has 0 spiro atoms. The molecule has 0 aliphatic carbocycles. The Kier molecular flexibility index (Phi) is 4.37. The van der Waals surface area contributed by atoms with E-state index >= 15 is 0 Å². The van der Waals surface area contributed by atoms with Crippen LogP contribution in [0.3, 0.4) is 0 Å². The Morgan fingerprint density at radius 3 is 2.83 bits per heavy atom. The predicted octanol–water partition coefficient (Wildman–Crippen LogP) is 1.88. The first kappa shape index (κ1) is 13.1. The summed E-state index contributed by atoms with van der Waals surface area (Å²) in [4.78, 5) is 11.9. The molecule has 0 radical (unpaired) electrons. The fraction of sp³-hybridized carbons (Fsp3) is 0.533. The second kappa shape index (κ2) is 6.01. The molecule has 1 aromatic rings. The summed E-state index contributed by atoms with van der Waals surface area (Å²) < 4.78 is 0. The van der Waals surface area contributed by atoms with Crippen LogP contribution in [0, 0.1) is 0 Å². The second-order valence-corrected chi connectivity index (χ2v) is 5.37. The summed E-state index contributed by atoms with van der Waals surface area (Å²) in [5.74, 6) is 0.178. The van der Waals surface area contributed by atoms with Gasteiger partial charge in [0.05, 0.1) is 5.54 Å². The molecule has 98 valence electrons. The van der Waals surface area contributed by atoms with Crippen molar-refractivity contribution in [3.05, 3.63) is 35.9 Å². The van der Waals surface area contributed by atoms with E-state index in [0.717, 1.165) is 32.4 Å². The van der Waals surface area contributed by atoms with Gasteiger partial charge in [-0.15, -0.1) is 0 Å². The zero-order valence-corrected chi connectivity index (χ0v) is 11.0. The van der Waals surface area contributed by atoms with Gasteiger partial charge in [0, 0.05) is 13.0 Å². The summed E-state index contributed by atoms with van der Waals surface area (Å²) >= 11 is 0. The molecule has 1 aromatic carbocycles. The molecule has 1 atom stereocenters. The highest BCUT2D eigenvalue weighted by Crippen LogP contribution is 2.13. The van der Waals surface area contributed by atoms with Gasteiger partial charge in [0.25, 0.3) is 0 Å². The first-order valence-corrected chi connectivity index (χ1v) is 6.74. The summed E-state index contributed by atoms with van der Waals surface area (Å²) in [7, 11) is 0. The third kappa shape index (κ3) is 3.84. The second-order valence-electron chi connectivity index (χ2n) is 5.37. The fourth-order valence-electron chi connectivity index (χ4n) is 2.42. The van der Waals surface area contributed by atoms with Crippen molar-refractivity contribution in [1.29, 1.82) is 0 Å². The number of nitrogens with one attached hydrogen (secondary N) is 2. The molecule has 1 amide bonds. The smallest absolute Gasteiger partial charge is 0.220 e. The van der Waals surface area contributed by atoms with Gasteiger partial charge in [-0.3, -0.25) is 4.79 Å². The van der Waals surface area contributed by atoms with Gasteiger partial charge in [0.1, 0.15) is 0 Å². The Morgan fingerprint density at radius 2 is 2.17 bits per heavy atom. The topological polar surface area (TPSA) is 41.1 Å². The standard InChI is InChI=1S/C15H22N2O/c1-15(10-11-16-12-15)17-14(18)9-5-8-13-6-3-2-4-7-13/h2-4,6-7,16H,5,8-12H2,1H3,(H,17,18). The molecule has 3 heteroatoms. The lowest BCUT2D eigenvalue weighted by Gasteiger charge is -2.24. The number of benzene rings is 1. The number of hydrogen-bond donors (Lipinski definition) is 2. The average Bonchev–Trinajstić information content (AvgIpc) is 2.77. The van der Waals surface area contributed by atoms with E-state index < -0.39 is 0 Å². The number of aryl methyl sites for hydroxylation is 1. The van der Waals surface area contributed by atoms with Crippen LogP contribution in [-0.2, 0) is 11.2 Å². The largest absolute Gasteiger partial charge is 0.350 e. The van der Waals surface area contributed by atoms with Gasteiger partial charge in [-0.05, 0) is 38.3 Å². The normalized spacial score (nSPS) is 22.9. The number of rotatable bonds is 5. The van der Waals surface area contributed by atoms with Crippen molar-refractivity contribution in [3.63, 3.8) is 0 Å². The molecular weight excluding hydrogens is 224 g/mol. The summed E-state index contributed by atoms with van der Waals surface area (Å²) in [5, 5.41) is 6.43. The van der Waals surface area contributed by atoms with Gasteiger partial charge in [0.15, 0.2) is 0 Å². The maximum Gasteiger partial charge on any atom is 0.220 e. The minimum absolute atomic E-state index is 0.0379. The highest BCUT2D eigenvalue weighted by Gasteiger charge is 2.29. The van der Waals surface area contributed by atoms with E-state index in [1.54, 1.807) is 0 Å². The number of carbonyl (C=O) groups excluding carboxylic acids is 1. The first-order chi connectivity index (χ1) is 8.68. The van der Waals surface area contributed by atoms with E-state index in [4.69, 9.17) is 0 Å². The van der Waals surface area contributed by atoms with E-state index in [2.05, 4.69) is 29.7 Å². The molecule has 1 heterocycles. The van der Waals surface area contributed by atoms with Crippen LogP contribution in [0.25, 0.3) is 0 Å². The van der Waals surface area contributed by atoms with Crippen LogP contribution in [0.5, 0.6) is 0 Å². The van der Waals surface area contributed by atoms with Crippen LogP contribution in [0.4, 0.5) is 0 Å². The SMILES string of the molecule is CC1(NC(=O)CCCc2ccccc2)CCNC1. The van der Waals surface area contributed by atoms with Crippen molar-refractivity contribution < 1.29 is 4.79 Å². The Hall–Kier alpha value is -1.35. The zero-order chi connectivity index (χ0) is 12.8. The number of hydrogen-bond acceptors (Lipinski definition) is 2. The van der Waals surface area contributed by atoms with E-state index in [0.29, 0.717) is 6.42 Å². The Morgan fingerprint density at radius 1 is 1.39 bits per heavy atom. The minimum Gasteiger partial charge on any atom is -0.350 e. The molecule has 2 rings (SSSR count). The monoisotopic (exact) mass is 246 g/mol. The Labute approximate surface area is 109 Å². The minimum atomic E-state index is -0.0379. The van der Waals surface area contributed by atoms with Crippen LogP contribution in [0.15, 0.2) is 30.3 Å². The third-order valence-corrected chi connectivity index (χ3v) is 3.52. The van der Waals surface area contributed by atoms with Gasteiger partial charge in [0.2, 0.25) is 5.91 Å². The number of amides is 1. The summed E-state index contributed by atoms with van der Waals surface area (Å²) in [5.41, 5.74) is 1.27.